The summed E-state index contributed by atoms with van der Waals surface area (Å²) in [5, 5.41) is 10.3. The topological polar surface area (TPSA) is 43.8 Å². The summed E-state index contributed by atoms with van der Waals surface area (Å²) in [5.74, 6) is 0.756. The minimum atomic E-state index is 0.148. The summed E-state index contributed by atoms with van der Waals surface area (Å²) >= 11 is 5.89. The van der Waals surface area contributed by atoms with Crippen LogP contribution in [0.3, 0.4) is 0 Å². The van der Waals surface area contributed by atoms with Gasteiger partial charge in [-0.25, -0.2) is 0 Å². The zero-order valence-electron chi connectivity index (χ0n) is 13.5. The SMILES string of the molecule is O=C(Cc1ccc(Cl)cc1)N1C[C@@H](CN2CCCC2)[C@@H](CO)C1. The maximum absolute atomic E-state index is 12.5. The van der Waals surface area contributed by atoms with Gasteiger partial charge in [0, 0.05) is 37.2 Å². The van der Waals surface area contributed by atoms with Crippen molar-refractivity contribution in [2.45, 2.75) is 19.3 Å². The zero-order chi connectivity index (χ0) is 16.2. The van der Waals surface area contributed by atoms with Crippen LogP contribution >= 0.6 is 11.6 Å². The summed E-state index contributed by atoms with van der Waals surface area (Å²) in [6, 6.07) is 7.45. The van der Waals surface area contributed by atoms with E-state index in [1.54, 1.807) is 0 Å². The van der Waals surface area contributed by atoms with E-state index in [2.05, 4.69) is 4.90 Å². The number of benzene rings is 1. The first-order chi connectivity index (χ1) is 11.2. The molecule has 1 N–H and O–H groups in total. The number of aliphatic hydroxyl groups is 1. The molecular weight excluding hydrogens is 312 g/mol. The van der Waals surface area contributed by atoms with Crippen molar-refractivity contribution in [1.82, 2.24) is 9.80 Å². The predicted octanol–water partition coefficient (Wildman–Crippen LogP) is 2.05. The molecule has 3 rings (SSSR count). The molecule has 126 valence electrons. The highest BCUT2D eigenvalue weighted by atomic mass is 35.5. The highest BCUT2D eigenvalue weighted by Crippen LogP contribution is 2.26. The molecule has 4 nitrogen and oxygen atoms in total. The van der Waals surface area contributed by atoms with Crippen LogP contribution in [0, 0.1) is 11.8 Å². The fraction of sp³-hybridized carbons (Fsp3) is 0.611. The first kappa shape index (κ1) is 16.7. The molecular formula is C18H25ClN2O2. The Kier molecular flexibility index (Phi) is 5.57. The highest BCUT2D eigenvalue weighted by molar-refractivity contribution is 6.30. The summed E-state index contributed by atoms with van der Waals surface area (Å²) in [6.45, 7) is 4.95. The smallest absolute Gasteiger partial charge is 0.227 e. The first-order valence-electron chi connectivity index (χ1n) is 8.51. The van der Waals surface area contributed by atoms with Crippen molar-refractivity contribution in [3.05, 3.63) is 34.9 Å². The Labute approximate surface area is 143 Å². The Bertz CT molecular complexity index is 528. The number of hydrogen-bond acceptors (Lipinski definition) is 3. The van der Waals surface area contributed by atoms with Crippen LogP contribution in [0.5, 0.6) is 0 Å². The maximum atomic E-state index is 12.5. The van der Waals surface area contributed by atoms with E-state index in [0.717, 1.165) is 31.7 Å². The van der Waals surface area contributed by atoms with E-state index >= 15 is 0 Å². The molecule has 1 aromatic rings. The number of likely N-dealkylation sites (tertiary alicyclic amines) is 2. The molecule has 2 fully saturated rings. The first-order valence-corrected chi connectivity index (χ1v) is 8.89. The number of amides is 1. The van der Waals surface area contributed by atoms with E-state index in [1.807, 2.05) is 29.2 Å². The lowest BCUT2D eigenvalue weighted by atomic mass is 9.96. The highest BCUT2D eigenvalue weighted by Gasteiger charge is 2.35. The van der Waals surface area contributed by atoms with Crippen LogP contribution in [0.25, 0.3) is 0 Å². The third-order valence-electron chi connectivity index (χ3n) is 5.12. The van der Waals surface area contributed by atoms with Crippen LogP contribution in [-0.4, -0.2) is 60.1 Å². The monoisotopic (exact) mass is 336 g/mol. The minimum Gasteiger partial charge on any atom is -0.396 e. The average Bonchev–Trinajstić information content (AvgIpc) is 3.19. The molecule has 0 spiro atoms. The maximum Gasteiger partial charge on any atom is 0.227 e. The van der Waals surface area contributed by atoms with Crippen LogP contribution < -0.4 is 0 Å². The molecule has 2 atom stereocenters. The number of aliphatic hydroxyl groups excluding tert-OH is 1. The Morgan fingerprint density at radius 3 is 2.43 bits per heavy atom. The Morgan fingerprint density at radius 2 is 1.78 bits per heavy atom. The predicted molar refractivity (Wildman–Crippen MR) is 91.5 cm³/mol. The van der Waals surface area contributed by atoms with Crippen molar-refractivity contribution in [3.63, 3.8) is 0 Å². The van der Waals surface area contributed by atoms with Crippen LogP contribution in [0.15, 0.2) is 24.3 Å². The number of hydrogen-bond donors (Lipinski definition) is 1. The van der Waals surface area contributed by atoms with Gasteiger partial charge in [0.25, 0.3) is 0 Å². The van der Waals surface area contributed by atoms with Crippen molar-refractivity contribution in [3.8, 4) is 0 Å². The van der Waals surface area contributed by atoms with Crippen LogP contribution in [0.2, 0.25) is 5.02 Å². The van der Waals surface area contributed by atoms with Gasteiger partial charge in [0.15, 0.2) is 0 Å². The van der Waals surface area contributed by atoms with Gasteiger partial charge >= 0.3 is 0 Å². The van der Waals surface area contributed by atoms with E-state index in [9.17, 15) is 9.90 Å². The number of rotatable bonds is 5. The quantitative estimate of drug-likeness (QED) is 0.895. The van der Waals surface area contributed by atoms with Gasteiger partial charge in [-0.2, -0.15) is 0 Å². The lowest BCUT2D eigenvalue weighted by Gasteiger charge is -2.22. The summed E-state index contributed by atoms with van der Waals surface area (Å²) in [4.78, 5) is 16.9. The van der Waals surface area contributed by atoms with E-state index in [0.29, 0.717) is 23.9 Å². The molecule has 0 unspecified atom stereocenters. The van der Waals surface area contributed by atoms with Gasteiger partial charge in [0.1, 0.15) is 0 Å². The second-order valence-corrected chi connectivity index (χ2v) is 7.25. The molecule has 1 amide bonds. The molecule has 2 aliphatic rings. The van der Waals surface area contributed by atoms with Gasteiger partial charge in [0.05, 0.1) is 6.42 Å². The van der Waals surface area contributed by atoms with Crippen LogP contribution in [-0.2, 0) is 11.2 Å². The number of halogens is 1. The normalized spacial score (nSPS) is 25.2. The molecule has 0 radical (unpaired) electrons. The van der Waals surface area contributed by atoms with Gasteiger partial charge in [-0.3, -0.25) is 4.79 Å². The lowest BCUT2D eigenvalue weighted by molar-refractivity contribution is -0.129. The molecule has 0 saturated carbocycles. The largest absolute Gasteiger partial charge is 0.396 e. The van der Waals surface area contributed by atoms with Crippen molar-refractivity contribution >= 4 is 17.5 Å². The minimum absolute atomic E-state index is 0.148. The molecule has 2 aliphatic heterocycles. The third kappa shape index (κ3) is 4.25. The summed E-state index contributed by atoms with van der Waals surface area (Å²) in [7, 11) is 0. The Hall–Kier alpha value is -1.10. The van der Waals surface area contributed by atoms with Crippen molar-refractivity contribution in [1.29, 1.82) is 0 Å². The van der Waals surface area contributed by atoms with Gasteiger partial charge in [-0.1, -0.05) is 23.7 Å². The molecule has 23 heavy (non-hydrogen) atoms. The van der Waals surface area contributed by atoms with E-state index in [1.165, 1.54) is 12.8 Å². The van der Waals surface area contributed by atoms with Crippen molar-refractivity contribution in [2.24, 2.45) is 11.8 Å². The number of carbonyl (C=O) groups excluding carboxylic acids is 1. The Morgan fingerprint density at radius 1 is 1.13 bits per heavy atom. The molecule has 2 saturated heterocycles. The van der Waals surface area contributed by atoms with Crippen LogP contribution in [0.1, 0.15) is 18.4 Å². The average molecular weight is 337 g/mol. The zero-order valence-corrected chi connectivity index (χ0v) is 14.2. The Balaban J connectivity index is 1.57. The van der Waals surface area contributed by atoms with E-state index in [-0.39, 0.29) is 18.4 Å². The molecule has 5 heteroatoms. The number of nitrogens with zero attached hydrogens (tertiary/aromatic N) is 2. The standard InChI is InChI=1S/C18H25ClN2O2/c19-17-5-3-14(4-6-17)9-18(23)21-11-15(16(12-21)13-22)10-20-7-1-2-8-20/h3-6,15-16,22H,1-2,7-13H2/t15-,16-/m1/s1. The van der Waals surface area contributed by atoms with Gasteiger partial charge < -0.3 is 14.9 Å². The molecule has 0 aliphatic carbocycles. The molecule has 0 bridgehead atoms. The fourth-order valence-electron chi connectivity index (χ4n) is 3.74. The van der Waals surface area contributed by atoms with Crippen molar-refractivity contribution < 1.29 is 9.90 Å². The van der Waals surface area contributed by atoms with Gasteiger partial charge in [0.2, 0.25) is 5.91 Å². The van der Waals surface area contributed by atoms with Gasteiger partial charge in [-0.15, -0.1) is 0 Å². The second kappa shape index (κ2) is 7.65. The van der Waals surface area contributed by atoms with Crippen molar-refractivity contribution in [2.75, 3.05) is 39.3 Å². The molecule has 2 heterocycles. The summed E-state index contributed by atoms with van der Waals surface area (Å²) < 4.78 is 0. The van der Waals surface area contributed by atoms with Crippen LogP contribution in [0.4, 0.5) is 0 Å². The van der Waals surface area contributed by atoms with E-state index < -0.39 is 0 Å². The second-order valence-electron chi connectivity index (χ2n) is 6.81. The summed E-state index contributed by atoms with van der Waals surface area (Å²) in [5.41, 5.74) is 0.989. The van der Waals surface area contributed by atoms with E-state index in [4.69, 9.17) is 11.6 Å². The summed E-state index contributed by atoms with van der Waals surface area (Å²) in [6.07, 6.45) is 2.96. The third-order valence-corrected chi connectivity index (χ3v) is 5.38. The fourth-order valence-corrected chi connectivity index (χ4v) is 3.87. The molecule has 1 aromatic carbocycles. The lowest BCUT2D eigenvalue weighted by Crippen LogP contribution is -2.33. The van der Waals surface area contributed by atoms with Gasteiger partial charge in [-0.05, 0) is 49.5 Å². The molecule has 0 aromatic heterocycles. The number of carbonyl (C=O) groups is 1.